The number of rotatable bonds is 5. The normalized spacial score (nSPS) is 13.8. The van der Waals surface area contributed by atoms with Crippen LogP contribution in [-0.2, 0) is 4.79 Å². The van der Waals surface area contributed by atoms with Gasteiger partial charge in [-0.3, -0.25) is 9.59 Å². The van der Waals surface area contributed by atoms with Gasteiger partial charge in [-0.25, -0.2) is 0 Å². The summed E-state index contributed by atoms with van der Waals surface area (Å²) in [6, 6.07) is 10.4. The first-order chi connectivity index (χ1) is 13.9. The molecule has 0 bridgehead atoms. The van der Waals surface area contributed by atoms with E-state index in [0.717, 1.165) is 5.69 Å². The lowest BCUT2D eigenvalue weighted by Gasteiger charge is -2.37. The number of amides is 2. The van der Waals surface area contributed by atoms with Gasteiger partial charge in [0.2, 0.25) is 5.91 Å². The Hall–Kier alpha value is -2.93. The van der Waals surface area contributed by atoms with Crippen molar-refractivity contribution in [1.82, 2.24) is 4.90 Å². The van der Waals surface area contributed by atoms with Crippen molar-refractivity contribution < 1.29 is 19.1 Å². The number of hydrogen-bond acceptors (Lipinski definition) is 5. The molecule has 1 aliphatic heterocycles. The predicted octanol–water partition coefficient (Wildman–Crippen LogP) is 3.28. The van der Waals surface area contributed by atoms with E-state index in [4.69, 9.17) is 21.1 Å². The lowest BCUT2D eigenvalue weighted by atomic mass is 10.1. The summed E-state index contributed by atoms with van der Waals surface area (Å²) >= 11 is 6.47. The van der Waals surface area contributed by atoms with Crippen LogP contribution in [0.15, 0.2) is 36.4 Å². The second-order valence-corrected chi connectivity index (χ2v) is 7.06. The largest absolute Gasteiger partial charge is 0.497 e. The van der Waals surface area contributed by atoms with Gasteiger partial charge in [0.1, 0.15) is 11.5 Å². The zero-order valence-corrected chi connectivity index (χ0v) is 17.5. The number of hydrogen-bond donors (Lipinski definition) is 1. The van der Waals surface area contributed by atoms with Gasteiger partial charge in [-0.1, -0.05) is 17.7 Å². The highest BCUT2D eigenvalue weighted by molar-refractivity contribution is 6.34. The topological polar surface area (TPSA) is 71.1 Å². The van der Waals surface area contributed by atoms with Crippen molar-refractivity contribution in [2.75, 3.05) is 50.6 Å². The highest BCUT2D eigenvalue weighted by Crippen LogP contribution is 2.35. The number of carbonyl (C=O) groups excluding carboxylic acids is 2. The van der Waals surface area contributed by atoms with E-state index in [9.17, 15) is 9.59 Å². The molecule has 3 rings (SSSR count). The zero-order chi connectivity index (χ0) is 21.0. The summed E-state index contributed by atoms with van der Waals surface area (Å²) in [7, 11) is 3.06. The average molecular weight is 418 g/mol. The molecule has 154 valence electrons. The molecule has 0 unspecified atom stereocenters. The molecule has 8 heteroatoms. The van der Waals surface area contributed by atoms with Crippen LogP contribution in [0, 0.1) is 0 Å². The Morgan fingerprint density at radius 3 is 2.38 bits per heavy atom. The van der Waals surface area contributed by atoms with Gasteiger partial charge in [-0.15, -0.1) is 0 Å². The minimum Gasteiger partial charge on any atom is -0.497 e. The number of ether oxygens (including phenoxy) is 2. The quantitative estimate of drug-likeness (QED) is 0.808. The fourth-order valence-electron chi connectivity index (χ4n) is 3.36. The molecule has 1 heterocycles. The molecule has 2 aromatic carbocycles. The second-order valence-electron chi connectivity index (χ2n) is 6.65. The van der Waals surface area contributed by atoms with Crippen LogP contribution < -0.4 is 19.7 Å². The summed E-state index contributed by atoms with van der Waals surface area (Å²) in [4.78, 5) is 28.4. The first-order valence-electron chi connectivity index (χ1n) is 9.27. The molecule has 2 aromatic rings. The van der Waals surface area contributed by atoms with Gasteiger partial charge >= 0.3 is 0 Å². The molecule has 0 radical (unpaired) electrons. The Morgan fingerprint density at radius 2 is 1.76 bits per heavy atom. The molecular formula is C21H24ClN3O4. The number of anilines is 2. The fraction of sp³-hybridized carbons (Fsp3) is 0.333. The molecule has 0 saturated carbocycles. The third kappa shape index (κ3) is 4.56. The number of nitrogens with zero attached hydrogens (tertiary/aromatic N) is 2. The van der Waals surface area contributed by atoms with E-state index in [0.29, 0.717) is 54.0 Å². The van der Waals surface area contributed by atoms with E-state index in [1.807, 2.05) is 6.07 Å². The summed E-state index contributed by atoms with van der Waals surface area (Å²) in [5.41, 5.74) is 1.75. The number of benzene rings is 2. The molecule has 0 aliphatic carbocycles. The Labute approximate surface area is 175 Å². The highest BCUT2D eigenvalue weighted by atomic mass is 35.5. The van der Waals surface area contributed by atoms with Crippen molar-refractivity contribution in [2.45, 2.75) is 6.92 Å². The summed E-state index contributed by atoms with van der Waals surface area (Å²) in [6.45, 7) is 4.07. The number of piperazine rings is 1. The van der Waals surface area contributed by atoms with E-state index in [1.165, 1.54) is 7.11 Å². The molecule has 7 nitrogen and oxygen atoms in total. The molecule has 0 aromatic heterocycles. The Kier molecular flexibility index (Phi) is 6.49. The lowest BCUT2D eigenvalue weighted by molar-refractivity contribution is -0.129. The average Bonchev–Trinajstić information content (AvgIpc) is 2.73. The fourth-order valence-corrected chi connectivity index (χ4v) is 3.65. The standard InChI is InChI=1S/C21H24ClN3O4/c1-14(26)24-9-11-25(12-10-24)20-17(22)5-4-6-18(20)23-21(27)16-8-7-15(28-2)13-19(16)29-3/h4-8,13H,9-12H2,1-3H3,(H,23,27). The molecule has 1 saturated heterocycles. The van der Waals surface area contributed by atoms with Crippen LogP contribution in [0.3, 0.4) is 0 Å². The third-order valence-corrected chi connectivity index (χ3v) is 5.23. The molecule has 1 N–H and O–H groups in total. The van der Waals surface area contributed by atoms with E-state index in [2.05, 4.69) is 10.2 Å². The first-order valence-corrected chi connectivity index (χ1v) is 9.64. The maximum absolute atomic E-state index is 12.9. The van der Waals surface area contributed by atoms with Crippen LogP contribution >= 0.6 is 11.6 Å². The van der Waals surface area contributed by atoms with Crippen molar-refractivity contribution >= 4 is 34.8 Å². The second kappa shape index (κ2) is 9.05. The van der Waals surface area contributed by atoms with Gasteiger partial charge in [0, 0.05) is 39.2 Å². The number of nitrogens with one attached hydrogen (secondary N) is 1. The van der Waals surface area contributed by atoms with Crippen molar-refractivity contribution in [2.24, 2.45) is 0 Å². The van der Waals surface area contributed by atoms with E-state index in [-0.39, 0.29) is 11.8 Å². The molecule has 0 spiro atoms. The zero-order valence-electron chi connectivity index (χ0n) is 16.7. The predicted molar refractivity (Wildman–Crippen MR) is 113 cm³/mol. The van der Waals surface area contributed by atoms with E-state index >= 15 is 0 Å². The Balaban J connectivity index is 1.84. The summed E-state index contributed by atoms with van der Waals surface area (Å²) in [5.74, 6) is 0.769. The smallest absolute Gasteiger partial charge is 0.259 e. The number of methoxy groups -OCH3 is 2. The first kappa shape index (κ1) is 20.8. The van der Waals surface area contributed by atoms with E-state index < -0.39 is 0 Å². The van der Waals surface area contributed by atoms with Crippen LogP contribution in [0.5, 0.6) is 11.5 Å². The van der Waals surface area contributed by atoms with Crippen LogP contribution in [0.4, 0.5) is 11.4 Å². The summed E-state index contributed by atoms with van der Waals surface area (Å²) in [5, 5.41) is 3.49. The van der Waals surface area contributed by atoms with Gasteiger partial charge in [-0.2, -0.15) is 0 Å². The van der Waals surface area contributed by atoms with Gasteiger partial charge in [0.15, 0.2) is 0 Å². The van der Waals surface area contributed by atoms with Crippen molar-refractivity contribution in [3.63, 3.8) is 0 Å². The third-order valence-electron chi connectivity index (χ3n) is 4.93. The molecule has 2 amide bonds. The van der Waals surface area contributed by atoms with Gasteiger partial charge < -0.3 is 24.6 Å². The van der Waals surface area contributed by atoms with Gasteiger partial charge in [0.05, 0.1) is 36.2 Å². The van der Waals surface area contributed by atoms with Crippen molar-refractivity contribution in [3.8, 4) is 11.5 Å². The SMILES string of the molecule is COc1ccc(C(=O)Nc2cccc(Cl)c2N2CCN(C(C)=O)CC2)c(OC)c1. The monoisotopic (exact) mass is 417 g/mol. The molecule has 1 fully saturated rings. The Morgan fingerprint density at radius 1 is 1.03 bits per heavy atom. The number of para-hydroxylation sites is 1. The molecular weight excluding hydrogens is 394 g/mol. The summed E-state index contributed by atoms with van der Waals surface area (Å²) in [6.07, 6.45) is 0. The number of halogens is 1. The lowest BCUT2D eigenvalue weighted by Crippen LogP contribution is -2.48. The van der Waals surface area contributed by atoms with Crippen molar-refractivity contribution in [1.29, 1.82) is 0 Å². The number of carbonyl (C=O) groups is 2. The maximum atomic E-state index is 12.9. The van der Waals surface area contributed by atoms with Crippen LogP contribution in [0.1, 0.15) is 17.3 Å². The molecule has 0 atom stereocenters. The molecule has 1 aliphatic rings. The summed E-state index contributed by atoms with van der Waals surface area (Å²) < 4.78 is 10.5. The van der Waals surface area contributed by atoms with Gasteiger partial charge in [-0.05, 0) is 24.3 Å². The maximum Gasteiger partial charge on any atom is 0.259 e. The molecule has 29 heavy (non-hydrogen) atoms. The van der Waals surface area contributed by atoms with Crippen LogP contribution in [0.25, 0.3) is 0 Å². The van der Waals surface area contributed by atoms with E-state index in [1.54, 1.807) is 49.3 Å². The minimum atomic E-state index is -0.310. The van der Waals surface area contributed by atoms with Crippen LogP contribution in [-0.4, -0.2) is 57.1 Å². The Bertz CT molecular complexity index is 911. The van der Waals surface area contributed by atoms with Gasteiger partial charge in [0.25, 0.3) is 5.91 Å². The van der Waals surface area contributed by atoms with Crippen LogP contribution in [0.2, 0.25) is 5.02 Å². The van der Waals surface area contributed by atoms with Crippen molar-refractivity contribution in [3.05, 3.63) is 47.0 Å². The minimum absolute atomic E-state index is 0.0592. The highest BCUT2D eigenvalue weighted by Gasteiger charge is 2.24.